The molecular formula is C13H15Cl2N3S. The highest BCUT2D eigenvalue weighted by molar-refractivity contribution is 7.11. The third-order valence-corrected chi connectivity index (χ3v) is 4.65. The summed E-state index contributed by atoms with van der Waals surface area (Å²) in [5, 5.41) is 14.9. The number of halogens is 2. The number of aromatic nitrogens is 2. The van der Waals surface area contributed by atoms with E-state index in [1.807, 2.05) is 25.2 Å². The van der Waals surface area contributed by atoms with Gasteiger partial charge >= 0.3 is 0 Å². The van der Waals surface area contributed by atoms with E-state index >= 15 is 0 Å². The first-order chi connectivity index (χ1) is 9.13. The van der Waals surface area contributed by atoms with Gasteiger partial charge < -0.3 is 5.32 Å². The van der Waals surface area contributed by atoms with E-state index in [1.54, 1.807) is 11.3 Å². The highest BCUT2D eigenvalue weighted by Gasteiger charge is 2.13. The molecular weight excluding hydrogens is 301 g/mol. The van der Waals surface area contributed by atoms with Gasteiger partial charge in [-0.2, -0.15) is 0 Å². The van der Waals surface area contributed by atoms with E-state index < -0.39 is 0 Å². The molecule has 2 aromatic rings. The highest BCUT2D eigenvalue weighted by Crippen LogP contribution is 2.26. The molecule has 6 heteroatoms. The van der Waals surface area contributed by atoms with E-state index in [0.29, 0.717) is 10.0 Å². The van der Waals surface area contributed by atoms with Gasteiger partial charge in [-0.3, -0.25) is 0 Å². The van der Waals surface area contributed by atoms with Crippen LogP contribution in [0.25, 0.3) is 0 Å². The van der Waals surface area contributed by atoms with Crippen LogP contribution in [0, 0.1) is 0 Å². The Morgan fingerprint density at radius 3 is 2.68 bits per heavy atom. The Kier molecular flexibility index (Phi) is 5.16. The summed E-state index contributed by atoms with van der Waals surface area (Å²) in [6.45, 7) is 2.13. The molecule has 0 radical (unpaired) electrons. The Balaban J connectivity index is 2.13. The molecule has 0 fully saturated rings. The van der Waals surface area contributed by atoms with Crippen LogP contribution in [0.15, 0.2) is 18.2 Å². The largest absolute Gasteiger partial charge is 0.311 e. The smallest absolute Gasteiger partial charge is 0.134 e. The Morgan fingerprint density at radius 1 is 1.26 bits per heavy atom. The first kappa shape index (κ1) is 14.7. The fourth-order valence-electron chi connectivity index (χ4n) is 1.81. The van der Waals surface area contributed by atoms with Crippen LogP contribution in [0.1, 0.15) is 35.0 Å². The van der Waals surface area contributed by atoms with Crippen molar-refractivity contribution in [3.8, 4) is 0 Å². The zero-order valence-corrected chi connectivity index (χ0v) is 13.1. The van der Waals surface area contributed by atoms with E-state index in [2.05, 4.69) is 22.4 Å². The van der Waals surface area contributed by atoms with Gasteiger partial charge in [0.05, 0.1) is 16.1 Å². The lowest BCUT2D eigenvalue weighted by Crippen LogP contribution is -2.14. The summed E-state index contributed by atoms with van der Waals surface area (Å²) < 4.78 is 0. The van der Waals surface area contributed by atoms with Crippen LogP contribution in [0.4, 0.5) is 0 Å². The predicted octanol–water partition coefficient (Wildman–Crippen LogP) is 4.11. The van der Waals surface area contributed by atoms with Crippen molar-refractivity contribution in [2.24, 2.45) is 0 Å². The van der Waals surface area contributed by atoms with Gasteiger partial charge in [0.25, 0.3) is 0 Å². The molecule has 0 spiro atoms. The quantitative estimate of drug-likeness (QED) is 0.902. The molecule has 19 heavy (non-hydrogen) atoms. The number of nitrogens with zero attached hydrogens (tertiary/aromatic N) is 2. The van der Waals surface area contributed by atoms with Crippen molar-refractivity contribution in [1.29, 1.82) is 0 Å². The molecule has 1 atom stereocenters. The molecule has 0 bridgehead atoms. The summed E-state index contributed by atoms with van der Waals surface area (Å²) in [7, 11) is 1.94. The van der Waals surface area contributed by atoms with Crippen LogP contribution in [0.5, 0.6) is 0 Å². The Labute approximate surface area is 127 Å². The van der Waals surface area contributed by atoms with E-state index in [4.69, 9.17) is 23.2 Å². The van der Waals surface area contributed by atoms with E-state index in [1.165, 1.54) is 0 Å². The molecule has 102 valence electrons. The third kappa shape index (κ3) is 3.66. The molecule has 0 saturated heterocycles. The first-order valence-electron chi connectivity index (χ1n) is 6.07. The van der Waals surface area contributed by atoms with Crippen molar-refractivity contribution >= 4 is 34.5 Å². The molecule has 0 aliphatic heterocycles. The van der Waals surface area contributed by atoms with Crippen molar-refractivity contribution in [3.05, 3.63) is 43.8 Å². The lowest BCUT2D eigenvalue weighted by Gasteiger charge is -2.08. The molecule has 1 aromatic carbocycles. The van der Waals surface area contributed by atoms with E-state index in [0.717, 1.165) is 28.4 Å². The maximum Gasteiger partial charge on any atom is 0.134 e. The lowest BCUT2D eigenvalue weighted by atomic mass is 10.2. The van der Waals surface area contributed by atoms with Crippen molar-refractivity contribution < 1.29 is 0 Å². The zero-order chi connectivity index (χ0) is 13.8. The zero-order valence-electron chi connectivity index (χ0n) is 10.8. The van der Waals surface area contributed by atoms with Gasteiger partial charge in [0.15, 0.2) is 0 Å². The van der Waals surface area contributed by atoms with Crippen molar-refractivity contribution in [3.63, 3.8) is 0 Å². The van der Waals surface area contributed by atoms with Crippen molar-refractivity contribution in [1.82, 2.24) is 15.5 Å². The molecule has 0 saturated carbocycles. The van der Waals surface area contributed by atoms with Crippen LogP contribution in [0.2, 0.25) is 10.0 Å². The SMILES string of the molecule is CCC(NC)c1nnc(Cc2ccc(Cl)c(Cl)c2)s1. The van der Waals surface area contributed by atoms with Crippen LogP contribution in [0.3, 0.4) is 0 Å². The first-order valence-corrected chi connectivity index (χ1v) is 7.64. The Hall–Kier alpha value is -0.680. The topological polar surface area (TPSA) is 37.8 Å². The molecule has 0 aliphatic carbocycles. The monoisotopic (exact) mass is 315 g/mol. The second-order valence-corrected chi connectivity index (χ2v) is 6.12. The van der Waals surface area contributed by atoms with Crippen LogP contribution in [-0.2, 0) is 6.42 Å². The fraction of sp³-hybridized carbons (Fsp3) is 0.385. The minimum absolute atomic E-state index is 0.278. The van der Waals surface area contributed by atoms with Crippen LogP contribution in [-0.4, -0.2) is 17.2 Å². The summed E-state index contributed by atoms with van der Waals surface area (Å²) in [5.41, 5.74) is 1.09. The highest BCUT2D eigenvalue weighted by atomic mass is 35.5. The van der Waals surface area contributed by atoms with Gasteiger partial charge in [-0.15, -0.1) is 10.2 Å². The molecule has 0 aliphatic rings. The third-order valence-electron chi connectivity index (χ3n) is 2.88. The van der Waals surface area contributed by atoms with Crippen LogP contribution >= 0.6 is 34.5 Å². The minimum atomic E-state index is 0.278. The summed E-state index contributed by atoms with van der Waals surface area (Å²) in [5.74, 6) is 0. The molecule has 3 nitrogen and oxygen atoms in total. The van der Waals surface area contributed by atoms with Gasteiger partial charge in [0, 0.05) is 6.42 Å². The van der Waals surface area contributed by atoms with Gasteiger partial charge in [-0.05, 0) is 31.2 Å². The fourth-order valence-corrected chi connectivity index (χ4v) is 3.20. The van der Waals surface area contributed by atoms with Gasteiger partial charge in [0.1, 0.15) is 10.0 Å². The standard InChI is InChI=1S/C13H15Cl2N3S/c1-3-11(16-2)13-18-17-12(19-13)7-8-4-5-9(14)10(15)6-8/h4-6,11,16H,3,7H2,1-2H3. The second kappa shape index (κ2) is 6.66. The van der Waals surface area contributed by atoms with Gasteiger partial charge in [0.2, 0.25) is 0 Å². The summed E-state index contributed by atoms with van der Waals surface area (Å²) in [4.78, 5) is 0. The van der Waals surface area contributed by atoms with Crippen LogP contribution < -0.4 is 5.32 Å². The molecule has 0 amide bonds. The predicted molar refractivity (Wildman–Crippen MR) is 81.3 cm³/mol. The maximum atomic E-state index is 6.01. The Morgan fingerprint density at radius 2 is 2.05 bits per heavy atom. The summed E-state index contributed by atoms with van der Waals surface area (Å²) in [6, 6.07) is 5.93. The number of nitrogens with one attached hydrogen (secondary N) is 1. The average Bonchev–Trinajstić information content (AvgIpc) is 2.84. The summed E-state index contributed by atoms with van der Waals surface area (Å²) >= 11 is 13.5. The lowest BCUT2D eigenvalue weighted by molar-refractivity contribution is 0.568. The molecule has 2 rings (SSSR count). The van der Waals surface area contributed by atoms with E-state index in [-0.39, 0.29) is 6.04 Å². The molecule has 1 heterocycles. The maximum absolute atomic E-state index is 6.01. The van der Waals surface area contributed by atoms with Crippen molar-refractivity contribution in [2.75, 3.05) is 7.05 Å². The molecule has 1 N–H and O–H groups in total. The van der Waals surface area contributed by atoms with Crippen molar-refractivity contribution in [2.45, 2.75) is 25.8 Å². The average molecular weight is 316 g/mol. The second-order valence-electron chi connectivity index (χ2n) is 4.21. The van der Waals surface area contributed by atoms with Gasteiger partial charge in [-0.1, -0.05) is 47.5 Å². The van der Waals surface area contributed by atoms with E-state index in [9.17, 15) is 0 Å². The molecule has 1 aromatic heterocycles. The molecule has 1 unspecified atom stereocenters. The normalized spacial score (nSPS) is 12.6. The number of hydrogen-bond donors (Lipinski definition) is 1. The van der Waals surface area contributed by atoms with Gasteiger partial charge in [-0.25, -0.2) is 0 Å². The number of rotatable bonds is 5. The summed E-state index contributed by atoms with van der Waals surface area (Å²) in [6.07, 6.45) is 1.73. The number of benzene rings is 1. The minimum Gasteiger partial charge on any atom is -0.311 e. The Bertz CT molecular complexity index is 553. The number of hydrogen-bond acceptors (Lipinski definition) is 4.